The maximum Gasteiger partial charge on any atom is 0.228 e. The number of carbonyl (C=O) groups is 1. The largest absolute Gasteiger partial charge is 0.497 e. The molecule has 0 aliphatic carbocycles. The number of nitrogens with zero attached hydrogens (tertiary/aromatic N) is 1. The van der Waals surface area contributed by atoms with Gasteiger partial charge in [-0.2, -0.15) is 0 Å². The van der Waals surface area contributed by atoms with Crippen molar-refractivity contribution in [3.05, 3.63) is 102 Å². The lowest BCUT2D eigenvalue weighted by Gasteiger charge is -2.48. The number of ether oxygens (including phenoxy) is 1. The zero-order chi connectivity index (χ0) is 20.1. The molecule has 29 heavy (non-hydrogen) atoms. The zero-order valence-corrected chi connectivity index (χ0v) is 16.8. The second-order valence-corrected chi connectivity index (χ2v) is 7.65. The molecule has 0 bridgehead atoms. The summed E-state index contributed by atoms with van der Waals surface area (Å²) in [7, 11) is 1.68. The quantitative estimate of drug-likeness (QED) is 0.485. The Balaban J connectivity index is 1.48. The fourth-order valence-electron chi connectivity index (χ4n) is 4.24. The second kappa shape index (κ2) is 8.95. The SMILES string of the molecule is COc1ccc([C@@H]2[C@@H](CCCc3ccccc3)C(=O)N2Cc2ccccc2)cc1. The van der Waals surface area contributed by atoms with Crippen molar-refractivity contribution < 1.29 is 9.53 Å². The zero-order valence-electron chi connectivity index (χ0n) is 16.8. The van der Waals surface area contributed by atoms with Crippen molar-refractivity contribution in [1.82, 2.24) is 4.90 Å². The Hall–Kier alpha value is -3.07. The molecule has 0 unspecified atom stereocenters. The monoisotopic (exact) mass is 385 g/mol. The molecule has 3 aromatic rings. The average molecular weight is 386 g/mol. The molecule has 0 saturated carbocycles. The summed E-state index contributed by atoms with van der Waals surface area (Å²) < 4.78 is 5.30. The molecule has 1 aliphatic rings. The first-order chi connectivity index (χ1) is 14.3. The van der Waals surface area contributed by atoms with E-state index in [4.69, 9.17) is 4.74 Å². The lowest BCUT2D eigenvalue weighted by molar-refractivity contribution is -0.158. The van der Waals surface area contributed by atoms with Gasteiger partial charge in [-0.3, -0.25) is 4.79 Å². The number of hydrogen-bond donors (Lipinski definition) is 0. The number of amides is 1. The van der Waals surface area contributed by atoms with Crippen molar-refractivity contribution in [3.8, 4) is 5.75 Å². The molecule has 2 atom stereocenters. The molecule has 0 N–H and O–H groups in total. The van der Waals surface area contributed by atoms with Crippen LogP contribution in [0, 0.1) is 5.92 Å². The maximum atomic E-state index is 13.0. The van der Waals surface area contributed by atoms with E-state index in [1.165, 1.54) is 16.7 Å². The minimum absolute atomic E-state index is 0.0517. The van der Waals surface area contributed by atoms with Gasteiger partial charge in [0.2, 0.25) is 5.91 Å². The van der Waals surface area contributed by atoms with Crippen LogP contribution in [-0.4, -0.2) is 17.9 Å². The molecule has 1 aliphatic heterocycles. The normalized spacial score (nSPS) is 18.4. The number of carbonyl (C=O) groups excluding carboxylic acids is 1. The van der Waals surface area contributed by atoms with E-state index < -0.39 is 0 Å². The number of methoxy groups -OCH3 is 1. The predicted octanol–water partition coefficient (Wildman–Crippen LogP) is 5.42. The van der Waals surface area contributed by atoms with E-state index in [-0.39, 0.29) is 17.9 Å². The minimum atomic E-state index is 0.0517. The van der Waals surface area contributed by atoms with Gasteiger partial charge in [-0.25, -0.2) is 0 Å². The molecule has 1 saturated heterocycles. The van der Waals surface area contributed by atoms with Gasteiger partial charge in [-0.15, -0.1) is 0 Å². The lowest BCUT2D eigenvalue weighted by Crippen LogP contribution is -2.54. The van der Waals surface area contributed by atoms with Gasteiger partial charge in [0, 0.05) is 6.54 Å². The number of benzene rings is 3. The molecule has 3 nitrogen and oxygen atoms in total. The number of β-lactam (4-membered cyclic amide) rings is 1. The van der Waals surface area contributed by atoms with Gasteiger partial charge in [0.15, 0.2) is 0 Å². The molecule has 148 valence electrons. The summed E-state index contributed by atoms with van der Waals surface area (Å²) in [4.78, 5) is 15.0. The van der Waals surface area contributed by atoms with Crippen molar-refractivity contribution >= 4 is 5.91 Å². The van der Waals surface area contributed by atoms with Gasteiger partial charge in [-0.1, -0.05) is 72.8 Å². The predicted molar refractivity (Wildman–Crippen MR) is 116 cm³/mol. The molecule has 1 fully saturated rings. The lowest BCUT2D eigenvalue weighted by atomic mass is 9.78. The van der Waals surface area contributed by atoms with Crippen LogP contribution in [0.4, 0.5) is 0 Å². The van der Waals surface area contributed by atoms with Crippen molar-refractivity contribution in [2.24, 2.45) is 5.92 Å². The van der Waals surface area contributed by atoms with Gasteiger partial charge in [-0.05, 0) is 48.1 Å². The summed E-state index contributed by atoms with van der Waals surface area (Å²) in [5.74, 6) is 1.16. The van der Waals surface area contributed by atoms with Crippen molar-refractivity contribution in [2.75, 3.05) is 7.11 Å². The Labute approximate surface area is 172 Å². The summed E-state index contributed by atoms with van der Waals surface area (Å²) in [6.07, 6.45) is 2.95. The second-order valence-electron chi connectivity index (χ2n) is 7.65. The maximum absolute atomic E-state index is 13.0. The number of hydrogen-bond acceptors (Lipinski definition) is 2. The molecule has 0 spiro atoms. The van der Waals surface area contributed by atoms with E-state index in [1.807, 2.05) is 41.3 Å². The van der Waals surface area contributed by atoms with Crippen LogP contribution < -0.4 is 4.74 Å². The highest BCUT2D eigenvalue weighted by Gasteiger charge is 2.47. The van der Waals surface area contributed by atoms with Crippen LogP contribution in [0.2, 0.25) is 0 Å². The Morgan fingerprint density at radius 1 is 0.828 bits per heavy atom. The molecule has 1 amide bonds. The smallest absolute Gasteiger partial charge is 0.228 e. The summed E-state index contributed by atoms with van der Waals surface area (Å²) >= 11 is 0. The number of likely N-dealkylation sites (tertiary alicyclic amines) is 1. The van der Waals surface area contributed by atoms with Crippen LogP contribution >= 0.6 is 0 Å². The Morgan fingerprint density at radius 3 is 2.07 bits per heavy atom. The minimum Gasteiger partial charge on any atom is -0.497 e. The average Bonchev–Trinajstić information content (AvgIpc) is 2.79. The van der Waals surface area contributed by atoms with E-state index in [1.54, 1.807) is 7.11 Å². The first-order valence-corrected chi connectivity index (χ1v) is 10.3. The fraction of sp³-hybridized carbons (Fsp3) is 0.269. The third kappa shape index (κ3) is 4.34. The van der Waals surface area contributed by atoms with E-state index in [9.17, 15) is 4.79 Å². The van der Waals surface area contributed by atoms with Crippen molar-refractivity contribution in [3.63, 3.8) is 0 Å². The van der Waals surface area contributed by atoms with Crippen LogP contribution in [0.1, 0.15) is 35.6 Å². The van der Waals surface area contributed by atoms with Gasteiger partial charge in [0.1, 0.15) is 5.75 Å². The van der Waals surface area contributed by atoms with Crippen LogP contribution in [0.15, 0.2) is 84.9 Å². The third-order valence-electron chi connectivity index (χ3n) is 5.79. The van der Waals surface area contributed by atoms with Crippen LogP contribution in [0.3, 0.4) is 0 Å². The van der Waals surface area contributed by atoms with Crippen LogP contribution in [0.25, 0.3) is 0 Å². The third-order valence-corrected chi connectivity index (χ3v) is 5.79. The van der Waals surface area contributed by atoms with Gasteiger partial charge in [0.25, 0.3) is 0 Å². The van der Waals surface area contributed by atoms with E-state index in [0.717, 1.165) is 25.0 Å². The van der Waals surface area contributed by atoms with Gasteiger partial charge in [0.05, 0.1) is 19.1 Å². The first kappa shape index (κ1) is 19.3. The standard InChI is InChI=1S/C26H27NO2/c1-29-23-17-15-22(16-18-23)25-24(14-8-13-20-9-4-2-5-10-20)26(28)27(25)19-21-11-6-3-7-12-21/h2-7,9-12,15-18,24-25H,8,13-14,19H2,1H3/t24-,25-/m1/s1. The van der Waals surface area contributed by atoms with E-state index >= 15 is 0 Å². The van der Waals surface area contributed by atoms with Gasteiger partial charge < -0.3 is 9.64 Å². The number of aryl methyl sites for hydroxylation is 1. The topological polar surface area (TPSA) is 29.5 Å². The molecule has 1 heterocycles. The van der Waals surface area contributed by atoms with Crippen molar-refractivity contribution in [1.29, 1.82) is 0 Å². The van der Waals surface area contributed by atoms with Crippen LogP contribution in [0.5, 0.6) is 5.75 Å². The Bertz CT molecular complexity index is 922. The highest BCUT2D eigenvalue weighted by atomic mass is 16.5. The highest BCUT2D eigenvalue weighted by Crippen LogP contribution is 2.44. The van der Waals surface area contributed by atoms with E-state index in [2.05, 4.69) is 48.5 Å². The molecule has 0 radical (unpaired) electrons. The summed E-state index contributed by atoms with van der Waals surface area (Å²) in [6, 6.07) is 29.0. The molecule has 3 heteroatoms. The number of rotatable bonds is 8. The first-order valence-electron chi connectivity index (χ1n) is 10.3. The summed E-state index contributed by atoms with van der Waals surface area (Å²) in [5, 5.41) is 0. The van der Waals surface area contributed by atoms with Crippen LogP contribution in [-0.2, 0) is 17.8 Å². The van der Waals surface area contributed by atoms with Gasteiger partial charge >= 0.3 is 0 Å². The fourth-order valence-corrected chi connectivity index (χ4v) is 4.24. The summed E-state index contributed by atoms with van der Waals surface area (Å²) in [6.45, 7) is 0.658. The molecular formula is C26H27NO2. The Morgan fingerprint density at radius 2 is 1.45 bits per heavy atom. The molecular weight excluding hydrogens is 358 g/mol. The van der Waals surface area contributed by atoms with E-state index in [0.29, 0.717) is 6.54 Å². The molecule has 0 aromatic heterocycles. The van der Waals surface area contributed by atoms with Crippen molar-refractivity contribution in [2.45, 2.75) is 31.8 Å². The molecule has 3 aromatic carbocycles. The summed E-state index contributed by atoms with van der Waals surface area (Å²) in [5.41, 5.74) is 3.69. The molecule has 4 rings (SSSR count). The highest BCUT2D eigenvalue weighted by molar-refractivity contribution is 5.86. The Kier molecular flexibility index (Phi) is 5.95.